The van der Waals surface area contributed by atoms with E-state index in [-0.39, 0.29) is 16.5 Å². The molecule has 0 saturated heterocycles. The maximum Gasteiger partial charge on any atom is 0.249 e. The molecule has 3 aromatic rings. The summed E-state index contributed by atoms with van der Waals surface area (Å²) in [4.78, 5) is 19.1. The van der Waals surface area contributed by atoms with Gasteiger partial charge in [-0.3, -0.25) is 9.69 Å². The number of hydrogen-bond donors (Lipinski definition) is 1. The summed E-state index contributed by atoms with van der Waals surface area (Å²) in [7, 11) is -3.86. The minimum Gasteiger partial charge on any atom is -0.288 e. The van der Waals surface area contributed by atoms with Crippen LogP contribution in [0.2, 0.25) is 0 Å². The number of nitrogens with zero attached hydrogens (tertiary/aromatic N) is 2. The largest absolute Gasteiger partial charge is 0.288 e. The summed E-state index contributed by atoms with van der Waals surface area (Å²) in [5, 5.41) is 5.68. The zero-order chi connectivity index (χ0) is 21.3. The lowest BCUT2D eigenvalue weighted by atomic mass is 10.0. The van der Waals surface area contributed by atoms with E-state index in [2.05, 4.69) is 4.98 Å². The number of carbonyl (C=O) groups is 1. The molecule has 0 aliphatic heterocycles. The van der Waals surface area contributed by atoms with Crippen LogP contribution in [0.25, 0.3) is 11.1 Å². The molecule has 8 heteroatoms. The number of thiazole rings is 1. The fourth-order valence-corrected chi connectivity index (χ4v) is 5.28. The standard InChI is InChI=1S/C22H23N3O3S2/c1-15-21(30(23,27)28)29-22(24-15)25(14-17-7-8-17)20(26)13-16-9-11-19(12-10-16)18-5-3-2-4-6-18/h2-6,9-12,17H,7-8,13-14H2,1H3,(H2,23,27,28). The minimum atomic E-state index is -3.86. The van der Waals surface area contributed by atoms with Gasteiger partial charge in [0.05, 0.1) is 12.1 Å². The Morgan fingerprint density at radius 1 is 1.10 bits per heavy atom. The van der Waals surface area contributed by atoms with E-state index in [1.807, 2.05) is 54.6 Å². The number of anilines is 1. The van der Waals surface area contributed by atoms with Crippen molar-refractivity contribution in [2.24, 2.45) is 11.1 Å². The lowest BCUT2D eigenvalue weighted by molar-refractivity contribution is -0.118. The van der Waals surface area contributed by atoms with Gasteiger partial charge >= 0.3 is 0 Å². The van der Waals surface area contributed by atoms with E-state index in [4.69, 9.17) is 5.14 Å². The molecule has 1 fully saturated rings. The minimum absolute atomic E-state index is 0.0123. The lowest BCUT2D eigenvalue weighted by Gasteiger charge is -2.20. The van der Waals surface area contributed by atoms with E-state index in [0.29, 0.717) is 23.3 Å². The summed E-state index contributed by atoms with van der Waals surface area (Å²) in [6.45, 7) is 2.15. The van der Waals surface area contributed by atoms with Crippen molar-refractivity contribution in [2.75, 3.05) is 11.4 Å². The highest BCUT2D eigenvalue weighted by molar-refractivity contribution is 7.91. The van der Waals surface area contributed by atoms with Crippen LogP contribution in [0.1, 0.15) is 24.1 Å². The number of nitrogens with two attached hydrogens (primary N) is 1. The Hall–Kier alpha value is -2.55. The zero-order valence-corrected chi connectivity index (χ0v) is 18.2. The number of carbonyl (C=O) groups excluding carboxylic acids is 1. The number of hydrogen-bond acceptors (Lipinski definition) is 5. The van der Waals surface area contributed by atoms with Gasteiger partial charge in [0.25, 0.3) is 0 Å². The molecule has 4 rings (SSSR count). The average molecular weight is 442 g/mol. The summed E-state index contributed by atoms with van der Waals surface area (Å²) in [6, 6.07) is 18.0. The van der Waals surface area contributed by atoms with Crippen molar-refractivity contribution in [3.8, 4) is 11.1 Å². The molecule has 2 N–H and O–H groups in total. The predicted molar refractivity (Wildman–Crippen MR) is 119 cm³/mol. The Morgan fingerprint density at radius 3 is 2.30 bits per heavy atom. The molecule has 1 aliphatic rings. The Bertz CT molecular complexity index is 1150. The first-order chi connectivity index (χ1) is 14.3. The second-order valence-corrected chi connectivity index (χ2v) is 10.3. The van der Waals surface area contributed by atoms with E-state index in [1.54, 1.807) is 11.8 Å². The Kier molecular flexibility index (Phi) is 5.73. The van der Waals surface area contributed by atoms with Crippen LogP contribution >= 0.6 is 11.3 Å². The van der Waals surface area contributed by atoms with Gasteiger partial charge in [-0.1, -0.05) is 65.9 Å². The van der Waals surface area contributed by atoms with Crippen molar-refractivity contribution in [3.63, 3.8) is 0 Å². The molecule has 0 atom stereocenters. The molecule has 1 heterocycles. The van der Waals surface area contributed by atoms with Gasteiger partial charge in [0.15, 0.2) is 9.34 Å². The van der Waals surface area contributed by atoms with Gasteiger partial charge in [-0.05, 0) is 42.4 Å². The molecular weight excluding hydrogens is 418 g/mol. The van der Waals surface area contributed by atoms with Crippen LogP contribution in [-0.2, 0) is 21.2 Å². The van der Waals surface area contributed by atoms with Crippen molar-refractivity contribution in [1.29, 1.82) is 0 Å². The average Bonchev–Trinajstić information content (AvgIpc) is 3.45. The molecule has 1 aliphatic carbocycles. The van der Waals surface area contributed by atoms with Crippen molar-refractivity contribution >= 4 is 32.4 Å². The number of amides is 1. The monoisotopic (exact) mass is 441 g/mol. The van der Waals surface area contributed by atoms with Gasteiger partial charge in [-0.15, -0.1) is 0 Å². The number of rotatable bonds is 7. The molecule has 1 saturated carbocycles. The second kappa shape index (κ2) is 8.29. The molecule has 156 valence electrons. The fourth-order valence-electron chi connectivity index (χ4n) is 3.31. The van der Waals surface area contributed by atoms with Crippen molar-refractivity contribution < 1.29 is 13.2 Å². The maximum atomic E-state index is 13.1. The van der Waals surface area contributed by atoms with Crippen LogP contribution in [0, 0.1) is 12.8 Å². The van der Waals surface area contributed by atoms with Crippen LogP contribution in [-0.4, -0.2) is 25.9 Å². The molecule has 0 radical (unpaired) electrons. The quantitative estimate of drug-likeness (QED) is 0.604. The molecule has 1 aromatic heterocycles. The third-order valence-electron chi connectivity index (χ3n) is 5.09. The van der Waals surface area contributed by atoms with Gasteiger partial charge in [-0.2, -0.15) is 0 Å². The highest BCUT2D eigenvalue weighted by atomic mass is 32.2. The Morgan fingerprint density at radius 2 is 1.73 bits per heavy atom. The van der Waals surface area contributed by atoms with Crippen LogP contribution in [0.3, 0.4) is 0 Å². The number of sulfonamides is 1. The highest BCUT2D eigenvalue weighted by Gasteiger charge is 2.30. The summed E-state index contributed by atoms with van der Waals surface area (Å²) >= 11 is 0.964. The third kappa shape index (κ3) is 4.77. The molecule has 1 amide bonds. The number of primary sulfonamides is 1. The molecular formula is C22H23N3O3S2. The Balaban J connectivity index is 1.54. The van der Waals surface area contributed by atoms with E-state index in [1.165, 1.54) is 0 Å². The van der Waals surface area contributed by atoms with Gasteiger partial charge < -0.3 is 0 Å². The first-order valence-electron chi connectivity index (χ1n) is 9.76. The van der Waals surface area contributed by atoms with E-state index < -0.39 is 10.0 Å². The SMILES string of the molecule is Cc1nc(N(CC2CC2)C(=O)Cc2ccc(-c3ccccc3)cc2)sc1S(N)(=O)=O. The molecule has 0 spiro atoms. The molecule has 0 unspecified atom stereocenters. The molecule has 30 heavy (non-hydrogen) atoms. The number of benzene rings is 2. The van der Waals surface area contributed by atoms with Crippen molar-refractivity contribution in [1.82, 2.24) is 4.98 Å². The first kappa shape index (κ1) is 20.7. The van der Waals surface area contributed by atoms with Crippen LogP contribution < -0.4 is 10.0 Å². The van der Waals surface area contributed by atoms with Gasteiger partial charge in [-0.25, -0.2) is 18.5 Å². The van der Waals surface area contributed by atoms with Gasteiger partial charge in [0, 0.05) is 6.54 Å². The summed E-state index contributed by atoms with van der Waals surface area (Å²) in [6.07, 6.45) is 2.37. The van der Waals surface area contributed by atoms with Crippen LogP contribution in [0.4, 0.5) is 5.13 Å². The first-order valence-corrected chi connectivity index (χ1v) is 12.1. The maximum absolute atomic E-state index is 13.1. The lowest BCUT2D eigenvalue weighted by Crippen LogP contribution is -2.34. The number of aromatic nitrogens is 1. The Labute approximate surface area is 180 Å². The normalized spacial score (nSPS) is 13.9. The van der Waals surface area contributed by atoms with E-state index in [9.17, 15) is 13.2 Å². The molecule has 0 bridgehead atoms. The zero-order valence-electron chi connectivity index (χ0n) is 16.6. The summed E-state index contributed by atoms with van der Waals surface area (Å²) in [5.41, 5.74) is 3.45. The molecule has 2 aromatic carbocycles. The summed E-state index contributed by atoms with van der Waals surface area (Å²) < 4.78 is 23.6. The smallest absolute Gasteiger partial charge is 0.249 e. The second-order valence-electron chi connectivity index (χ2n) is 7.60. The van der Waals surface area contributed by atoms with E-state index >= 15 is 0 Å². The van der Waals surface area contributed by atoms with Gasteiger partial charge in [0.2, 0.25) is 15.9 Å². The predicted octanol–water partition coefficient (Wildman–Crippen LogP) is 3.75. The van der Waals surface area contributed by atoms with Crippen molar-refractivity contribution in [3.05, 3.63) is 65.9 Å². The fraction of sp³-hybridized carbons (Fsp3) is 0.273. The highest BCUT2D eigenvalue weighted by Crippen LogP contribution is 2.35. The third-order valence-corrected chi connectivity index (χ3v) is 7.82. The van der Waals surface area contributed by atoms with E-state index in [0.717, 1.165) is 40.9 Å². The van der Waals surface area contributed by atoms with Crippen molar-refractivity contribution in [2.45, 2.75) is 30.4 Å². The number of aryl methyl sites for hydroxylation is 1. The van der Waals surface area contributed by atoms with Crippen LogP contribution in [0.15, 0.2) is 58.8 Å². The molecule has 6 nitrogen and oxygen atoms in total. The van der Waals surface area contributed by atoms with Gasteiger partial charge in [0.1, 0.15) is 0 Å². The van der Waals surface area contributed by atoms with Crippen LogP contribution in [0.5, 0.6) is 0 Å². The summed E-state index contributed by atoms with van der Waals surface area (Å²) in [5.74, 6) is 0.348. The topological polar surface area (TPSA) is 93.4 Å².